The molecule has 1 aromatic heterocycles. The van der Waals surface area contributed by atoms with Crippen LogP contribution < -0.4 is 16.2 Å². The van der Waals surface area contributed by atoms with Crippen molar-refractivity contribution in [2.75, 3.05) is 11.9 Å². The van der Waals surface area contributed by atoms with E-state index < -0.39 is 0 Å². The highest BCUT2D eigenvalue weighted by molar-refractivity contribution is 5.97. The summed E-state index contributed by atoms with van der Waals surface area (Å²) in [4.78, 5) is 28.0. The van der Waals surface area contributed by atoms with Crippen molar-refractivity contribution in [1.82, 2.24) is 10.3 Å². The molecule has 1 amide bonds. The van der Waals surface area contributed by atoms with E-state index in [1.807, 2.05) is 32.0 Å². The van der Waals surface area contributed by atoms with Crippen molar-refractivity contribution in [1.29, 1.82) is 0 Å². The lowest BCUT2D eigenvalue weighted by molar-refractivity contribution is 0.0949. The fourth-order valence-electron chi connectivity index (χ4n) is 4.37. The molecule has 0 atom stereocenters. The zero-order chi connectivity index (χ0) is 21.0. The Balaban J connectivity index is 1.77. The molecule has 29 heavy (non-hydrogen) atoms. The quantitative estimate of drug-likeness (QED) is 0.639. The van der Waals surface area contributed by atoms with Gasteiger partial charge in [0, 0.05) is 35.6 Å². The summed E-state index contributed by atoms with van der Waals surface area (Å²) in [6.45, 7) is 9.16. The number of nitrogens with one attached hydrogen (secondary N) is 3. The molecule has 156 valence electrons. The summed E-state index contributed by atoms with van der Waals surface area (Å²) in [6, 6.07) is 7.80. The van der Waals surface area contributed by atoms with Crippen LogP contribution in [0.3, 0.4) is 0 Å². The van der Waals surface area contributed by atoms with Gasteiger partial charge in [-0.1, -0.05) is 32.8 Å². The molecule has 1 aliphatic rings. The first-order valence-corrected chi connectivity index (χ1v) is 10.7. The Bertz CT molecular complexity index is 924. The van der Waals surface area contributed by atoms with E-state index in [4.69, 9.17) is 0 Å². The van der Waals surface area contributed by atoms with Gasteiger partial charge in [0.1, 0.15) is 0 Å². The number of pyridine rings is 1. The highest BCUT2D eigenvalue weighted by Gasteiger charge is 2.20. The van der Waals surface area contributed by atoms with Gasteiger partial charge in [-0.3, -0.25) is 9.59 Å². The Morgan fingerprint density at radius 2 is 1.93 bits per heavy atom. The van der Waals surface area contributed by atoms with Crippen LogP contribution in [0.15, 0.2) is 29.1 Å². The summed E-state index contributed by atoms with van der Waals surface area (Å²) >= 11 is 0. The average Bonchev–Trinajstić information content (AvgIpc) is 3.18. The minimum atomic E-state index is -0.141. The summed E-state index contributed by atoms with van der Waals surface area (Å²) in [5.74, 6) is 0.800. The number of rotatable bonds is 7. The second-order valence-corrected chi connectivity index (χ2v) is 8.58. The molecule has 2 aromatic rings. The Morgan fingerprint density at radius 3 is 2.59 bits per heavy atom. The molecular weight excluding hydrogens is 362 g/mol. The molecule has 0 unspecified atom stereocenters. The van der Waals surface area contributed by atoms with Crippen molar-refractivity contribution in [3.05, 3.63) is 62.6 Å². The number of carbonyl (C=O) groups is 1. The molecule has 0 spiro atoms. The number of carbonyl (C=O) groups excluding carboxylic acids is 1. The summed E-state index contributed by atoms with van der Waals surface area (Å²) in [6.07, 6.45) is 5.22. The van der Waals surface area contributed by atoms with Gasteiger partial charge in [-0.25, -0.2) is 0 Å². The van der Waals surface area contributed by atoms with E-state index in [0.717, 1.165) is 35.0 Å². The van der Waals surface area contributed by atoms with Gasteiger partial charge in [-0.2, -0.15) is 0 Å². The van der Waals surface area contributed by atoms with E-state index in [1.165, 1.54) is 25.7 Å². The van der Waals surface area contributed by atoms with Gasteiger partial charge in [0.05, 0.1) is 0 Å². The number of benzene rings is 1. The van der Waals surface area contributed by atoms with Crippen LogP contribution in [0, 0.1) is 19.8 Å². The first-order chi connectivity index (χ1) is 13.9. The van der Waals surface area contributed by atoms with Gasteiger partial charge in [0.2, 0.25) is 0 Å². The Morgan fingerprint density at radius 1 is 1.21 bits per heavy atom. The maximum Gasteiger partial charge on any atom is 0.253 e. The summed E-state index contributed by atoms with van der Waals surface area (Å²) in [5, 5.41) is 6.54. The second-order valence-electron chi connectivity index (χ2n) is 8.58. The predicted octanol–water partition coefficient (Wildman–Crippen LogP) is 4.65. The summed E-state index contributed by atoms with van der Waals surface area (Å²) in [5.41, 5.74) is 4.94. The lowest BCUT2D eigenvalue weighted by Gasteiger charge is -2.20. The minimum absolute atomic E-state index is 0.140. The van der Waals surface area contributed by atoms with E-state index in [0.29, 0.717) is 11.1 Å². The van der Waals surface area contributed by atoms with Gasteiger partial charge >= 0.3 is 0 Å². The lowest BCUT2D eigenvalue weighted by Crippen LogP contribution is -2.29. The van der Waals surface area contributed by atoms with Crippen molar-refractivity contribution in [2.45, 2.75) is 65.8 Å². The van der Waals surface area contributed by atoms with E-state index >= 15 is 0 Å². The van der Waals surface area contributed by atoms with Crippen LogP contribution in [0.2, 0.25) is 0 Å². The summed E-state index contributed by atoms with van der Waals surface area (Å²) < 4.78 is 0. The van der Waals surface area contributed by atoms with Gasteiger partial charge < -0.3 is 15.6 Å². The SMILES string of the molecule is Cc1cc(C)c(CNC(=O)c2cccc(NCC3CCCC3)c2C(C)C)c(=O)[nH]1. The first kappa shape index (κ1) is 21.2. The standard InChI is InChI=1S/C24H33N3O2/c1-15(2)22-19(10-7-11-21(22)25-13-18-8-5-6-9-18)23(28)26-14-20-16(3)12-17(4)27-24(20)29/h7,10-12,15,18,25H,5-6,8-9,13-14H2,1-4H3,(H,26,28)(H,27,29). The van der Waals surface area contributed by atoms with Gasteiger partial charge in [0.15, 0.2) is 0 Å². The zero-order valence-corrected chi connectivity index (χ0v) is 18.0. The number of H-pyrrole nitrogens is 1. The fraction of sp³-hybridized carbons (Fsp3) is 0.500. The number of anilines is 1. The minimum Gasteiger partial charge on any atom is -0.385 e. The smallest absolute Gasteiger partial charge is 0.253 e. The molecule has 1 aromatic carbocycles. The molecule has 3 N–H and O–H groups in total. The van der Waals surface area contributed by atoms with Crippen LogP contribution in [0.4, 0.5) is 5.69 Å². The molecule has 5 nitrogen and oxygen atoms in total. The maximum absolute atomic E-state index is 13.0. The lowest BCUT2D eigenvalue weighted by atomic mass is 9.94. The van der Waals surface area contributed by atoms with Crippen molar-refractivity contribution < 1.29 is 4.79 Å². The molecule has 0 aliphatic heterocycles. The van der Waals surface area contributed by atoms with Gasteiger partial charge in [0.25, 0.3) is 11.5 Å². The molecule has 1 saturated carbocycles. The molecule has 5 heteroatoms. The van der Waals surface area contributed by atoms with Crippen molar-refractivity contribution in [3.8, 4) is 0 Å². The first-order valence-electron chi connectivity index (χ1n) is 10.7. The van der Waals surface area contributed by atoms with E-state index in [2.05, 4.69) is 35.5 Å². The Hall–Kier alpha value is -2.56. The predicted molar refractivity (Wildman–Crippen MR) is 119 cm³/mol. The largest absolute Gasteiger partial charge is 0.385 e. The molecule has 0 saturated heterocycles. The highest BCUT2D eigenvalue weighted by atomic mass is 16.1. The third kappa shape index (κ3) is 5.08. The van der Waals surface area contributed by atoms with Crippen LogP contribution in [-0.2, 0) is 6.54 Å². The molecule has 1 heterocycles. The fourth-order valence-corrected chi connectivity index (χ4v) is 4.37. The maximum atomic E-state index is 13.0. The third-order valence-electron chi connectivity index (χ3n) is 5.90. The van der Waals surface area contributed by atoms with E-state index in [1.54, 1.807) is 0 Å². The molecule has 1 aliphatic carbocycles. The normalized spacial score (nSPS) is 14.4. The molecule has 1 fully saturated rings. The van der Waals surface area contributed by atoms with Crippen molar-refractivity contribution in [3.63, 3.8) is 0 Å². The topological polar surface area (TPSA) is 74.0 Å². The van der Waals surface area contributed by atoms with Crippen LogP contribution in [-0.4, -0.2) is 17.4 Å². The Kier molecular flexibility index (Phi) is 6.78. The molecule has 0 bridgehead atoms. The summed E-state index contributed by atoms with van der Waals surface area (Å²) in [7, 11) is 0. The number of aromatic amines is 1. The third-order valence-corrected chi connectivity index (χ3v) is 5.90. The number of aromatic nitrogens is 1. The van der Waals surface area contributed by atoms with Crippen molar-refractivity contribution >= 4 is 11.6 Å². The van der Waals surface area contributed by atoms with Crippen LogP contribution in [0.25, 0.3) is 0 Å². The molecule has 3 rings (SSSR count). The monoisotopic (exact) mass is 395 g/mol. The van der Waals surface area contributed by atoms with E-state index in [9.17, 15) is 9.59 Å². The molecular formula is C24H33N3O2. The highest BCUT2D eigenvalue weighted by Crippen LogP contribution is 2.30. The number of amides is 1. The number of hydrogen-bond donors (Lipinski definition) is 3. The van der Waals surface area contributed by atoms with Crippen LogP contribution >= 0.6 is 0 Å². The Labute approximate surface area is 173 Å². The zero-order valence-electron chi connectivity index (χ0n) is 18.0. The average molecular weight is 396 g/mol. The molecule has 0 radical (unpaired) electrons. The van der Waals surface area contributed by atoms with Crippen molar-refractivity contribution in [2.24, 2.45) is 5.92 Å². The van der Waals surface area contributed by atoms with Crippen LogP contribution in [0.5, 0.6) is 0 Å². The van der Waals surface area contributed by atoms with Crippen LogP contribution in [0.1, 0.15) is 78.2 Å². The van der Waals surface area contributed by atoms with Gasteiger partial charge in [-0.15, -0.1) is 0 Å². The number of hydrogen-bond acceptors (Lipinski definition) is 3. The van der Waals surface area contributed by atoms with Gasteiger partial charge in [-0.05, 0) is 67.9 Å². The number of aryl methyl sites for hydroxylation is 2. The van der Waals surface area contributed by atoms with E-state index in [-0.39, 0.29) is 23.9 Å². The second kappa shape index (κ2) is 9.29.